The lowest BCUT2D eigenvalue weighted by atomic mass is 10.6. The van der Waals surface area contributed by atoms with E-state index in [0.717, 1.165) is 5.75 Å². The smallest absolute Gasteiger partial charge is 0.163 e. The van der Waals surface area contributed by atoms with Crippen molar-refractivity contribution in [1.29, 1.82) is 0 Å². The van der Waals surface area contributed by atoms with E-state index >= 15 is 0 Å². The van der Waals surface area contributed by atoms with Gasteiger partial charge in [-0.1, -0.05) is 0 Å². The summed E-state index contributed by atoms with van der Waals surface area (Å²) in [6.45, 7) is 1.96. The maximum atomic E-state index is 5.31. The molecule has 0 aliphatic rings. The van der Waals surface area contributed by atoms with Crippen LogP contribution in [0.1, 0.15) is 13.3 Å². The van der Waals surface area contributed by atoms with Gasteiger partial charge >= 0.3 is 0 Å². The Morgan fingerprint density at radius 1 is 1.67 bits per heavy atom. The van der Waals surface area contributed by atoms with Gasteiger partial charge in [-0.25, -0.2) is 0 Å². The molecule has 0 radical (unpaired) electrons. The van der Waals surface area contributed by atoms with Crippen molar-refractivity contribution in [3.05, 3.63) is 0 Å². The van der Waals surface area contributed by atoms with Gasteiger partial charge in [0.1, 0.15) is 0 Å². The maximum absolute atomic E-state index is 5.31. The van der Waals surface area contributed by atoms with Crippen LogP contribution in [0.2, 0.25) is 6.04 Å². The van der Waals surface area contributed by atoms with Gasteiger partial charge in [0, 0.05) is 0 Å². The summed E-state index contributed by atoms with van der Waals surface area (Å²) in [6.07, 6.45) is 1.19. The molecule has 1 nitrogen and oxygen atoms in total. The van der Waals surface area contributed by atoms with Crippen LogP contribution in [0.4, 0.5) is 0 Å². The third-order valence-corrected chi connectivity index (χ3v) is 3.18. The Morgan fingerprint density at radius 2 is 2.33 bits per heavy atom. The van der Waals surface area contributed by atoms with Gasteiger partial charge in [0.2, 0.25) is 0 Å². The van der Waals surface area contributed by atoms with Gasteiger partial charge in [-0.15, -0.1) is 12.6 Å². The van der Waals surface area contributed by atoms with Crippen molar-refractivity contribution in [3.63, 3.8) is 0 Å². The van der Waals surface area contributed by atoms with Crippen molar-refractivity contribution in [2.75, 3.05) is 5.75 Å². The zero-order chi connectivity index (χ0) is 7.11. The number of hydrogen-bond acceptors (Lipinski definition) is 3. The molecular formula is C5H14OS2Si. The third kappa shape index (κ3) is 8.88. The molecule has 0 aromatic heterocycles. The van der Waals surface area contributed by atoms with Crippen LogP contribution >= 0.6 is 25.3 Å². The Bertz CT molecular complexity index is 60.9. The molecule has 0 aromatic carbocycles. The molecule has 0 fully saturated rings. The first kappa shape index (κ1) is 9.88. The molecule has 0 N–H and O–H groups in total. The first-order valence-electron chi connectivity index (χ1n) is 3.18. The minimum absolute atomic E-state index is 0.136. The average Bonchev–Trinajstić information content (AvgIpc) is 1.80. The number of hydrogen-bond donors (Lipinski definition) is 2. The standard InChI is InChI=1S/C5H14OS2Si/c1-5(8)6-9-4-2-3-7/h5,7-8H,2-4,9H2,1H3. The van der Waals surface area contributed by atoms with E-state index in [-0.39, 0.29) is 15.2 Å². The van der Waals surface area contributed by atoms with Crippen molar-refractivity contribution in [2.24, 2.45) is 0 Å². The van der Waals surface area contributed by atoms with Crippen LogP contribution in [-0.4, -0.2) is 21.0 Å². The van der Waals surface area contributed by atoms with E-state index in [4.69, 9.17) is 4.43 Å². The summed E-state index contributed by atoms with van der Waals surface area (Å²) in [6, 6.07) is 1.23. The summed E-state index contributed by atoms with van der Waals surface area (Å²) in [5.41, 5.74) is 0.136. The SMILES string of the molecule is CC(S)O[SiH2]CCCS. The first-order chi connectivity index (χ1) is 4.27. The molecule has 0 heterocycles. The zero-order valence-corrected chi connectivity index (χ0v) is 8.91. The highest BCUT2D eigenvalue weighted by atomic mass is 32.1. The van der Waals surface area contributed by atoms with E-state index in [1.54, 1.807) is 0 Å². The summed E-state index contributed by atoms with van der Waals surface area (Å²) in [5.74, 6) is 0.983. The zero-order valence-electron chi connectivity index (χ0n) is 5.71. The fourth-order valence-electron chi connectivity index (χ4n) is 0.468. The Hall–Kier alpha value is 0.877. The summed E-state index contributed by atoms with van der Waals surface area (Å²) >= 11 is 8.19. The fourth-order valence-corrected chi connectivity index (χ4v) is 2.39. The molecular weight excluding hydrogens is 168 g/mol. The minimum Gasteiger partial charge on any atom is -0.413 e. The molecule has 0 saturated carbocycles. The van der Waals surface area contributed by atoms with Crippen LogP contribution in [0.15, 0.2) is 0 Å². The molecule has 9 heavy (non-hydrogen) atoms. The second kappa shape index (κ2) is 6.99. The molecule has 0 saturated heterocycles. The summed E-state index contributed by atoms with van der Waals surface area (Å²) < 4.78 is 5.31. The fraction of sp³-hybridized carbons (Fsp3) is 1.00. The Kier molecular flexibility index (Phi) is 7.67. The molecule has 0 aliphatic carbocycles. The van der Waals surface area contributed by atoms with Crippen molar-refractivity contribution < 1.29 is 4.43 Å². The van der Waals surface area contributed by atoms with Gasteiger partial charge in [-0.2, -0.15) is 12.6 Å². The summed E-state index contributed by atoms with van der Waals surface area (Å²) in [7, 11) is -0.272. The second-order valence-corrected chi connectivity index (χ2v) is 4.52. The minimum atomic E-state index is -0.272. The van der Waals surface area contributed by atoms with Crippen molar-refractivity contribution in [3.8, 4) is 0 Å². The second-order valence-electron chi connectivity index (χ2n) is 1.90. The normalized spacial score (nSPS) is 15.0. The Morgan fingerprint density at radius 3 is 2.78 bits per heavy atom. The Labute approximate surface area is 70.3 Å². The van der Waals surface area contributed by atoms with E-state index < -0.39 is 0 Å². The first-order valence-corrected chi connectivity index (χ1v) is 5.90. The summed E-state index contributed by atoms with van der Waals surface area (Å²) in [5, 5.41) is 0. The lowest BCUT2D eigenvalue weighted by Gasteiger charge is -2.04. The van der Waals surface area contributed by atoms with Gasteiger partial charge in [-0.05, 0) is 25.1 Å². The largest absolute Gasteiger partial charge is 0.413 e. The van der Waals surface area contributed by atoms with Gasteiger partial charge < -0.3 is 4.43 Å². The Balaban J connectivity index is 2.75. The number of thiol groups is 2. The lowest BCUT2D eigenvalue weighted by Crippen LogP contribution is -2.04. The van der Waals surface area contributed by atoms with Crippen LogP contribution in [0.25, 0.3) is 0 Å². The van der Waals surface area contributed by atoms with E-state index in [2.05, 4.69) is 25.3 Å². The van der Waals surface area contributed by atoms with Crippen molar-refractivity contribution >= 4 is 35.0 Å². The van der Waals surface area contributed by atoms with Crippen molar-refractivity contribution in [1.82, 2.24) is 0 Å². The molecule has 0 amide bonds. The molecule has 1 unspecified atom stereocenters. The van der Waals surface area contributed by atoms with Crippen LogP contribution in [0, 0.1) is 0 Å². The topological polar surface area (TPSA) is 9.23 Å². The predicted octanol–water partition coefficient (Wildman–Crippen LogP) is 1.10. The highest BCUT2D eigenvalue weighted by Gasteiger charge is 1.92. The van der Waals surface area contributed by atoms with E-state index in [0.29, 0.717) is 0 Å². The monoisotopic (exact) mass is 182 g/mol. The molecule has 0 aromatic rings. The van der Waals surface area contributed by atoms with Crippen LogP contribution in [0.5, 0.6) is 0 Å². The quantitative estimate of drug-likeness (QED) is 0.280. The molecule has 0 aliphatic heterocycles. The van der Waals surface area contributed by atoms with E-state index in [9.17, 15) is 0 Å². The van der Waals surface area contributed by atoms with Gasteiger partial charge in [0.25, 0.3) is 0 Å². The highest BCUT2D eigenvalue weighted by molar-refractivity contribution is 7.80. The molecule has 0 bridgehead atoms. The predicted molar refractivity (Wildman–Crippen MR) is 51.4 cm³/mol. The van der Waals surface area contributed by atoms with Crippen molar-refractivity contribution in [2.45, 2.75) is 24.8 Å². The molecule has 0 spiro atoms. The van der Waals surface area contributed by atoms with Gasteiger partial charge in [-0.3, -0.25) is 0 Å². The van der Waals surface area contributed by atoms with Gasteiger partial charge in [0.15, 0.2) is 9.76 Å². The van der Waals surface area contributed by atoms with Crippen LogP contribution < -0.4 is 0 Å². The molecule has 4 heteroatoms. The average molecular weight is 182 g/mol. The number of rotatable bonds is 5. The lowest BCUT2D eigenvalue weighted by molar-refractivity contribution is 0.327. The maximum Gasteiger partial charge on any atom is 0.163 e. The van der Waals surface area contributed by atoms with Crippen LogP contribution in [-0.2, 0) is 4.43 Å². The molecule has 1 atom stereocenters. The third-order valence-electron chi connectivity index (χ3n) is 0.912. The van der Waals surface area contributed by atoms with E-state index in [1.807, 2.05) is 6.92 Å². The van der Waals surface area contributed by atoms with Crippen LogP contribution in [0.3, 0.4) is 0 Å². The molecule has 0 rings (SSSR count). The molecule has 56 valence electrons. The van der Waals surface area contributed by atoms with Gasteiger partial charge in [0.05, 0.1) is 5.44 Å². The summed E-state index contributed by atoms with van der Waals surface area (Å²) in [4.78, 5) is 0. The highest BCUT2D eigenvalue weighted by Crippen LogP contribution is 1.97. The van der Waals surface area contributed by atoms with E-state index in [1.165, 1.54) is 12.5 Å².